The molecule has 0 atom stereocenters. The average molecular weight is 360 g/mol. The molecule has 0 spiro atoms. The maximum Gasteiger partial charge on any atom is 0.337 e. The highest BCUT2D eigenvalue weighted by atomic mass is 79.9. The number of alkyl halides is 2. The van der Waals surface area contributed by atoms with Crippen LogP contribution in [0.3, 0.4) is 0 Å². The zero-order valence-electron chi connectivity index (χ0n) is 11.5. The van der Waals surface area contributed by atoms with Crippen molar-refractivity contribution in [2.24, 2.45) is 7.05 Å². The standard InChI is InChI=1S/C13H12BrF2N3O2/c1-6-4-8(14)7(2)17-12(6)19-10(20)5-9(11(15)16)18(3)13(19)21/h4-5,11H,1-3H3. The van der Waals surface area contributed by atoms with Crippen LogP contribution in [0.25, 0.3) is 5.82 Å². The molecule has 0 bridgehead atoms. The molecule has 2 rings (SSSR count). The summed E-state index contributed by atoms with van der Waals surface area (Å²) < 4.78 is 27.9. The molecule has 0 N–H and O–H groups in total. The largest absolute Gasteiger partial charge is 0.337 e. The maximum absolute atomic E-state index is 12.8. The van der Waals surface area contributed by atoms with E-state index in [-0.39, 0.29) is 5.82 Å². The Hall–Kier alpha value is -1.83. The molecule has 0 aromatic carbocycles. The van der Waals surface area contributed by atoms with Crippen molar-refractivity contribution in [1.82, 2.24) is 14.1 Å². The number of pyridine rings is 1. The highest BCUT2D eigenvalue weighted by Gasteiger charge is 2.18. The van der Waals surface area contributed by atoms with E-state index in [2.05, 4.69) is 20.9 Å². The van der Waals surface area contributed by atoms with Crippen LogP contribution in [-0.4, -0.2) is 14.1 Å². The Morgan fingerprint density at radius 3 is 2.43 bits per heavy atom. The minimum absolute atomic E-state index is 0.141. The van der Waals surface area contributed by atoms with Crippen LogP contribution in [0.5, 0.6) is 0 Å². The van der Waals surface area contributed by atoms with Crippen LogP contribution in [-0.2, 0) is 7.05 Å². The number of halogens is 3. The zero-order valence-corrected chi connectivity index (χ0v) is 13.1. The second-order valence-electron chi connectivity index (χ2n) is 4.58. The van der Waals surface area contributed by atoms with Gasteiger partial charge in [0, 0.05) is 17.6 Å². The lowest BCUT2D eigenvalue weighted by Crippen LogP contribution is -2.39. The van der Waals surface area contributed by atoms with E-state index in [9.17, 15) is 18.4 Å². The smallest absolute Gasteiger partial charge is 0.295 e. The lowest BCUT2D eigenvalue weighted by atomic mass is 10.2. The van der Waals surface area contributed by atoms with E-state index in [1.165, 1.54) is 7.05 Å². The molecule has 21 heavy (non-hydrogen) atoms. The number of aromatic nitrogens is 3. The van der Waals surface area contributed by atoms with E-state index >= 15 is 0 Å². The fourth-order valence-corrected chi connectivity index (χ4v) is 2.36. The molecule has 0 unspecified atom stereocenters. The monoisotopic (exact) mass is 359 g/mol. The van der Waals surface area contributed by atoms with E-state index in [0.29, 0.717) is 11.3 Å². The van der Waals surface area contributed by atoms with Crippen LogP contribution in [0.2, 0.25) is 0 Å². The number of rotatable bonds is 2. The van der Waals surface area contributed by atoms with Crippen LogP contribution in [0.15, 0.2) is 26.2 Å². The average Bonchev–Trinajstić information content (AvgIpc) is 2.39. The molecule has 0 radical (unpaired) electrons. The molecule has 5 nitrogen and oxygen atoms in total. The number of nitrogens with zero attached hydrogens (tertiary/aromatic N) is 3. The van der Waals surface area contributed by atoms with Gasteiger partial charge >= 0.3 is 5.69 Å². The molecule has 112 valence electrons. The van der Waals surface area contributed by atoms with Crippen molar-refractivity contribution in [3.05, 3.63) is 54.4 Å². The molecule has 0 aliphatic heterocycles. The number of hydrogen-bond donors (Lipinski definition) is 0. The Labute approximate surface area is 127 Å². The Morgan fingerprint density at radius 2 is 1.86 bits per heavy atom. The lowest BCUT2D eigenvalue weighted by Gasteiger charge is -2.13. The number of aryl methyl sites for hydroxylation is 2. The fraction of sp³-hybridized carbons (Fsp3) is 0.308. The third kappa shape index (κ3) is 2.67. The first kappa shape index (κ1) is 15.6. The lowest BCUT2D eigenvalue weighted by molar-refractivity contribution is 0.140. The molecule has 8 heteroatoms. The summed E-state index contributed by atoms with van der Waals surface area (Å²) in [6, 6.07) is 2.47. The van der Waals surface area contributed by atoms with Gasteiger partial charge in [0.15, 0.2) is 0 Å². The van der Waals surface area contributed by atoms with Crippen molar-refractivity contribution >= 4 is 15.9 Å². The van der Waals surface area contributed by atoms with Gasteiger partial charge < -0.3 is 0 Å². The predicted octanol–water partition coefficient (Wildman–Crippen LogP) is 2.25. The van der Waals surface area contributed by atoms with Gasteiger partial charge in [0.25, 0.3) is 12.0 Å². The van der Waals surface area contributed by atoms with E-state index < -0.39 is 23.4 Å². The molecular weight excluding hydrogens is 348 g/mol. The molecule has 2 aromatic heterocycles. The van der Waals surface area contributed by atoms with Gasteiger partial charge in [-0.3, -0.25) is 9.36 Å². The van der Waals surface area contributed by atoms with Gasteiger partial charge in [0.05, 0.1) is 11.4 Å². The summed E-state index contributed by atoms with van der Waals surface area (Å²) in [5.41, 5.74) is -1.13. The van der Waals surface area contributed by atoms with E-state index in [0.717, 1.165) is 19.7 Å². The second-order valence-corrected chi connectivity index (χ2v) is 5.44. The van der Waals surface area contributed by atoms with Crippen molar-refractivity contribution in [1.29, 1.82) is 0 Å². The zero-order chi connectivity index (χ0) is 15.9. The molecule has 0 aliphatic rings. The third-order valence-electron chi connectivity index (χ3n) is 3.11. The van der Waals surface area contributed by atoms with Gasteiger partial charge in [-0.25, -0.2) is 23.1 Å². The topological polar surface area (TPSA) is 56.9 Å². The van der Waals surface area contributed by atoms with Crippen molar-refractivity contribution in [2.45, 2.75) is 20.3 Å². The highest BCUT2D eigenvalue weighted by Crippen LogP contribution is 2.19. The Kier molecular flexibility index (Phi) is 4.08. The number of hydrogen-bond acceptors (Lipinski definition) is 3. The van der Waals surface area contributed by atoms with Crippen molar-refractivity contribution in [2.75, 3.05) is 0 Å². The highest BCUT2D eigenvalue weighted by molar-refractivity contribution is 9.10. The second kappa shape index (κ2) is 5.51. The van der Waals surface area contributed by atoms with Crippen LogP contribution in [0, 0.1) is 13.8 Å². The molecule has 0 saturated carbocycles. The van der Waals surface area contributed by atoms with Crippen LogP contribution < -0.4 is 11.2 Å². The fourth-order valence-electron chi connectivity index (χ4n) is 1.93. The van der Waals surface area contributed by atoms with Gasteiger partial charge in [0.2, 0.25) is 0 Å². The third-order valence-corrected chi connectivity index (χ3v) is 3.91. The molecule has 0 amide bonds. The van der Waals surface area contributed by atoms with E-state index in [4.69, 9.17) is 0 Å². The quantitative estimate of drug-likeness (QED) is 0.826. The first-order chi connectivity index (χ1) is 9.73. The summed E-state index contributed by atoms with van der Waals surface area (Å²) in [5.74, 6) is 0.141. The van der Waals surface area contributed by atoms with E-state index in [1.807, 2.05) is 0 Å². The van der Waals surface area contributed by atoms with Crippen molar-refractivity contribution < 1.29 is 8.78 Å². The molecular formula is C13H12BrF2N3O2. The van der Waals surface area contributed by atoms with Crippen molar-refractivity contribution in [3.8, 4) is 5.82 Å². The molecule has 0 aliphatic carbocycles. The summed E-state index contributed by atoms with van der Waals surface area (Å²) in [7, 11) is 1.20. The summed E-state index contributed by atoms with van der Waals surface area (Å²) in [6.45, 7) is 3.38. The van der Waals surface area contributed by atoms with Crippen LogP contribution in [0.4, 0.5) is 8.78 Å². The summed E-state index contributed by atoms with van der Waals surface area (Å²) in [4.78, 5) is 28.4. The Balaban J connectivity index is 2.84. The molecule has 2 aromatic rings. The molecule has 0 fully saturated rings. The Bertz CT molecular complexity index is 827. The first-order valence-corrected chi connectivity index (χ1v) is 6.78. The normalized spacial score (nSPS) is 11.2. The molecule has 2 heterocycles. The summed E-state index contributed by atoms with van der Waals surface area (Å²) >= 11 is 3.30. The minimum atomic E-state index is -2.90. The SMILES string of the molecule is Cc1cc(Br)c(C)nc1-n1c(=O)cc(C(F)F)n(C)c1=O. The van der Waals surface area contributed by atoms with Crippen molar-refractivity contribution in [3.63, 3.8) is 0 Å². The molecule has 0 saturated heterocycles. The predicted molar refractivity (Wildman–Crippen MR) is 77.2 cm³/mol. The van der Waals surface area contributed by atoms with Gasteiger partial charge in [-0.2, -0.15) is 0 Å². The van der Waals surface area contributed by atoms with Gasteiger partial charge in [-0.05, 0) is 41.4 Å². The minimum Gasteiger partial charge on any atom is -0.295 e. The van der Waals surface area contributed by atoms with Gasteiger partial charge in [-0.1, -0.05) is 0 Å². The first-order valence-electron chi connectivity index (χ1n) is 5.99. The van der Waals surface area contributed by atoms with Gasteiger partial charge in [0.1, 0.15) is 5.82 Å². The summed E-state index contributed by atoms with van der Waals surface area (Å²) in [6.07, 6.45) is -2.90. The van der Waals surface area contributed by atoms with Crippen LogP contribution >= 0.6 is 15.9 Å². The summed E-state index contributed by atoms with van der Waals surface area (Å²) in [5, 5.41) is 0. The Morgan fingerprint density at radius 1 is 1.24 bits per heavy atom. The van der Waals surface area contributed by atoms with Crippen LogP contribution in [0.1, 0.15) is 23.4 Å². The maximum atomic E-state index is 12.8. The van der Waals surface area contributed by atoms with E-state index in [1.54, 1.807) is 19.9 Å². The van der Waals surface area contributed by atoms with Gasteiger partial charge in [-0.15, -0.1) is 0 Å².